The molecule has 3 heteroatoms. The van der Waals surface area contributed by atoms with Crippen LogP contribution in [0.2, 0.25) is 0 Å². The summed E-state index contributed by atoms with van der Waals surface area (Å²) in [6, 6.07) is 75.5. The van der Waals surface area contributed by atoms with Gasteiger partial charge in [0, 0.05) is 56.0 Å². The fourth-order valence-corrected chi connectivity index (χ4v) is 9.56. The first-order chi connectivity index (χ1) is 29.5. The zero-order valence-electron chi connectivity index (χ0n) is 34.6. The zero-order chi connectivity index (χ0) is 40.5. The molecule has 1 aromatic heterocycles. The lowest BCUT2D eigenvalue weighted by atomic mass is 9.78. The van der Waals surface area contributed by atoms with E-state index in [1.54, 1.807) is 0 Å². The van der Waals surface area contributed by atoms with Crippen molar-refractivity contribution in [2.45, 2.75) is 57.3 Å². The van der Waals surface area contributed by atoms with Crippen molar-refractivity contribution in [3.8, 4) is 5.69 Å². The summed E-state index contributed by atoms with van der Waals surface area (Å²) in [6.07, 6.45) is 6.70. The average Bonchev–Trinajstić information content (AvgIpc) is 3.65. The summed E-state index contributed by atoms with van der Waals surface area (Å²) in [5.41, 5.74) is 14.3. The van der Waals surface area contributed by atoms with Crippen LogP contribution in [0, 0.1) is 0 Å². The van der Waals surface area contributed by atoms with E-state index in [0.29, 0.717) is 5.92 Å². The molecule has 0 bridgehead atoms. The maximum Gasteiger partial charge on any atom is 0.0542 e. The molecule has 1 aliphatic rings. The summed E-state index contributed by atoms with van der Waals surface area (Å²) in [6.45, 7) is 4.67. The molecule has 3 nitrogen and oxygen atoms in total. The fourth-order valence-electron chi connectivity index (χ4n) is 9.56. The molecule has 0 N–H and O–H groups in total. The molecule has 0 atom stereocenters. The van der Waals surface area contributed by atoms with Gasteiger partial charge in [0.2, 0.25) is 0 Å². The summed E-state index contributed by atoms with van der Waals surface area (Å²) < 4.78 is 2.37. The number of fused-ring (bicyclic) bond motifs is 3. The Morgan fingerprint density at radius 1 is 0.400 bits per heavy atom. The Balaban J connectivity index is 0.966. The molecule has 1 heterocycles. The summed E-state index contributed by atoms with van der Waals surface area (Å²) >= 11 is 0. The van der Waals surface area contributed by atoms with E-state index in [2.05, 4.69) is 234 Å². The van der Waals surface area contributed by atoms with Crippen molar-refractivity contribution >= 4 is 55.9 Å². The predicted molar refractivity (Wildman–Crippen MR) is 255 cm³/mol. The van der Waals surface area contributed by atoms with Gasteiger partial charge in [0.1, 0.15) is 0 Å². The summed E-state index contributed by atoms with van der Waals surface area (Å²) in [5.74, 6) is 0.693. The van der Waals surface area contributed by atoms with E-state index in [-0.39, 0.29) is 5.41 Å². The second-order valence-electron chi connectivity index (χ2n) is 16.9. The second kappa shape index (κ2) is 16.1. The number of anilines is 6. The average molecular weight is 778 g/mol. The van der Waals surface area contributed by atoms with Crippen molar-refractivity contribution in [3.05, 3.63) is 223 Å². The molecule has 8 aromatic carbocycles. The highest BCUT2D eigenvalue weighted by molar-refractivity contribution is 6.10. The van der Waals surface area contributed by atoms with Crippen molar-refractivity contribution in [1.29, 1.82) is 0 Å². The van der Waals surface area contributed by atoms with Gasteiger partial charge in [0.25, 0.3) is 0 Å². The second-order valence-corrected chi connectivity index (χ2v) is 16.9. The normalized spacial score (nSPS) is 13.4. The standard InChI is InChI=1S/C57H51N3/c1-57(2,44-29-35-50(36-30-44)58(46-19-9-4-10-20-46)49-33-27-43(28-34-49)42-17-7-3-8-18-42)45-31-37-51(38-32-45)59(47-21-11-5-12-22-47)52-39-40-56-54(41-52)53-25-15-16-26-55(53)60(56)48-23-13-6-14-24-48/h4-6,9-16,19-42H,3,7-8,17-18H2,1-2H3. The topological polar surface area (TPSA) is 11.4 Å². The first-order valence-electron chi connectivity index (χ1n) is 21.6. The predicted octanol–water partition coefficient (Wildman–Crippen LogP) is 16.1. The number of aromatic nitrogens is 1. The minimum absolute atomic E-state index is 0.216. The van der Waals surface area contributed by atoms with Crippen LogP contribution in [0.15, 0.2) is 206 Å². The largest absolute Gasteiger partial charge is 0.311 e. The molecule has 0 unspecified atom stereocenters. The third kappa shape index (κ3) is 7.05. The molecule has 60 heavy (non-hydrogen) atoms. The van der Waals surface area contributed by atoms with Gasteiger partial charge < -0.3 is 14.4 Å². The first kappa shape index (κ1) is 37.4. The molecule has 10 rings (SSSR count). The van der Waals surface area contributed by atoms with Gasteiger partial charge >= 0.3 is 0 Å². The molecule has 0 radical (unpaired) electrons. The van der Waals surface area contributed by atoms with Crippen molar-refractivity contribution in [3.63, 3.8) is 0 Å². The molecule has 294 valence electrons. The highest BCUT2D eigenvalue weighted by Gasteiger charge is 2.25. The highest BCUT2D eigenvalue weighted by atomic mass is 15.1. The Hall–Kier alpha value is -6.84. The van der Waals surface area contributed by atoms with E-state index < -0.39 is 0 Å². The van der Waals surface area contributed by atoms with Crippen LogP contribution >= 0.6 is 0 Å². The van der Waals surface area contributed by atoms with E-state index in [1.807, 2.05) is 0 Å². The first-order valence-corrected chi connectivity index (χ1v) is 21.6. The molecule has 0 amide bonds. The van der Waals surface area contributed by atoms with E-state index in [9.17, 15) is 0 Å². The molecule has 0 saturated heterocycles. The van der Waals surface area contributed by atoms with Crippen LogP contribution in [0.4, 0.5) is 34.1 Å². The lowest BCUT2D eigenvalue weighted by Crippen LogP contribution is -2.19. The quantitative estimate of drug-likeness (QED) is 0.137. The van der Waals surface area contributed by atoms with E-state index in [0.717, 1.165) is 34.1 Å². The Morgan fingerprint density at radius 2 is 0.833 bits per heavy atom. The van der Waals surface area contributed by atoms with Crippen LogP contribution in [0.1, 0.15) is 68.6 Å². The Morgan fingerprint density at radius 3 is 1.40 bits per heavy atom. The van der Waals surface area contributed by atoms with Gasteiger partial charge in [0.15, 0.2) is 0 Å². The van der Waals surface area contributed by atoms with Gasteiger partial charge in [-0.2, -0.15) is 0 Å². The molecule has 1 aliphatic carbocycles. The molecular weight excluding hydrogens is 727 g/mol. The SMILES string of the molecule is CC(C)(c1ccc(N(c2ccccc2)c2ccc(C3CCCCC3)cc2)cc1)c1ccc(N(c2ccccc2)c2ccc3c(c2)c2ccccc2n3-c2ccccc2)cc1. The van der Waals surface area contributed by atoms with Gasteiger partial charge in [-0.3, -0.25) is 0 Å². The van der Waals surface area contributed by atoms with E-state index >= 15 is 0 Å². The lowest BCUT2D eigenvalue weighted by Gasteiger charge is -2.30. The minimum atomic E-state index is -0.216. The monoisotopic (exact) mass is 777 g/mol. The van der Waals surface area contributed by atoms with Crippen LogP contribution in [0.3, 0.4) is 0 Å². The maximum absolute atomic E-state index is 2.38. The van der Waals surface area contributed by atoms with Gasteiger partial charge in [-0.25, -0.2) is 0 Å². The molecular formula is C57H51N3. The van der Waals surface area contributed by atoms with E-state index in [1.165, 1.54) is 76.3 Å². The summed E-state index contributed by atoms with van der Waals surface area (Å²) in [7, 11) is 0. The van der Waals surface area contributed by atoms with Gasteiger partial charge in [0.05, 0.1) is 11.0 Å². The minimum Gasteiger partial charge on any atom is -0.311 e. The molecule has 0 aliphatic heterocycles. The maximum atomic E-state index is 2.38. The van der Waals surface area contributed by atoms with Gasteiger partial charge in [-0.05, 0) is 133 Å². The molecule has 1 saturated carbocycles. The number of benzene rings is 8. The smallest absolute Gasteiger partial charge is 0.0542 e. The van der Waals surface area contributed by atoms with E-state index in [4.69, 9.17) is 0 Å². The third-order valence-corrected chi connectivity index (χ3v) is 12.9. The number of rotatable bonds is 10. The Kier molecular flexibility index (Phi) is 10.0. The highest BCUT2D eigenvalue weighted by Crippen LogP contribution is 2.42. The van der Waals surface area contributed by atoms with Crippen LogP contribution in [-0.4, -0.2) is 4.57 Å². The van der Waals surface area contributed by atoms with Crippen LogP contribution < -0.4 is 9.80 Å². The van der Waals surface area contributed by atoms with Crippen LogP contribution in [0.5, 0.6) is 0 Å². The van der Waals surface area contributed by atoms with Crippen molar-refractivity contribution < 1.29 is 0 Å². The van der Waals surface area contributed by atoms with Crippen molar-refractivity contribution in [2.24, 2.45) is 0 Å². The molecule has 9 aromatic rings. The van der Waals surface area contributed by atoms with Crippen LogP contribution in [0.25, 0.3) is 27.5 Å². The Bertz CT molecular complexity index is 2830. The summed E-state index contributed by atoms with van der Waals surface area (Å²) in [5, 5.41) is 2.48. The molecule has 1 fully saturated rings. The fraction of sp³-hybridized carbons (Fsp3) is 0.158. The Labute approximate surface area is 354 Å². The third-order valence-electron chi connectivity index (χ3n) is 12.9. The van der Waals surface area contributed by atoms with Gasteiger partial charge in [-0.15, -0.1) is 0 Å². The zero-order valence-corrected chi connectivity index (χ0v) is 34.6. The number of hydrogen-bond donors (Lipinski definition) is 0. The lowest BCUT2D eigenvalue weighted by molar-refractivity contribution is 0.443. The molecule has 0 spiro atoms. The van der Waals surface area contributed by atoms with Gasteiger partial charge in [-0.1, -0.05) is 142 Å². The number of nitrogens with zero attached hydrogens (tertiary/aromatic N) is 3. The number of hydrogen-bond acceptors (Lipinski definition) is 2. The van der Waals surface area contributed by atoms with Crippen molar-refractivity contribution in [1.82, 2.24) is 4.57 Å². The van der Waals surface area contributed by atoms with Crippen molar-refractivity contribution in [2.75, 3.05) is 9.80 Å². The summed E-state index contributed by atoms with van der Waals surface area (Å²) in [4.78, 5) is 4.75. The van der Waals surface area contributed by atoms with Crippen LogP contribution in [-0.2, 0) is 5.41 Å². The number of para-hydroxylation sites is 4.